The van der Waals surface area contributed by atoms with Gasteiger partial charge >= 0.3 is 0 Å². The van der Waals surface area contributed by atoms with Gasteiger partial charge in [-0.2, -0.15) is 0 Å². The van der Waals surface area contributed by atoms with Crippen LogP contribution in [0.15, 0.2) is 203 Å². The SMILES string of the molecule is CC1(C)CC(=O)C2=C(C1)N(CCO)c1cc3c(cc1C2c1cccc(F)c1)OCO3.COc1cc(C2C3=C(CC(C)(C)CC3=O)N(CCO)c3cc4c(cc32)CCC4)cc(C)c1OC.COc1ccc2c(c1)N(CCO)C1=C(C(=O)CC(C)(C)C1)C2c1ccccc1.Cc1ccc2c(c1)C(c1ccccc1)C1=C(CC(C)(C)CC1=O)N2CCO. The maximum atomic E-state index is 14.2. The van der Waals surface area contributed by atoms with Gasteiger partial charge in [0.1, 0.15) is 11.6 Å². The number of ketones is 4. The lowest BCUT2D eigenvalue weighted by molar-refractivity contribution is -0.119. The molecule has 0 saturated carbocycles. The Hall–Kier alpha value is -10.6. The Balaban J connectivity index is 0.000000124. The molecule has 8 aromatic rings. The number of Topliss-reactive ketones (excluding diaryl/α,β-unsaturated/α-hetero) is 4. The molecule has 17 nitrogen and oxygen atoms in total. The Bertz CT molecular complexity index is 5440. The van der Waals surface area contributed by atoms with Crippen LogP contribution in [0.4, 0.5) is 27.1 Å². The molecule has 0 radical (unpaired) electrons. The monoisotopic (exact) mass is 1610 g/mol. The van der Waals surface area contributed by atoms with Crippen LogP contribution < -0.4 is 43.3 Å². The van der Waals surface area contributed by atoms with E-state index in [0.717, 1.165) is 157 Å². The van der Waals surface area contributed by atoms with E-state index < -0.39 is 5.92 Å². The third-order valence-electron chi connectivity index (χ3n) is 25.4. The summed E-state index contributed by atoms with van der Waals surface area (Å²) in [7, 11) is 4.97. The molecule has 0 spiro atoms. The quantitative estimate of drug-likeness (QED) is 0.0752. The number of hydrogen-bond acceptors (Lipinski definition) is 17. The van der Waals surface area contributed by atoms with Crippen molar-refractivity contribution in [2.75, 3.05) is 100 Å². The molecule has 0 amide bonds. The van der Waals surface area contributed by atoms with E-state index in [4.69, 9.17) is 23.7 Å². The van der Waals surface area contributed by atoms with Crippen LogP contribution in [-0.4, -0.2) is 124 Å². The lowest BCUT2D eigenvalue weighted by Crippen LogP contribution is -2.41. The average Bonchev–Trinajstić information content (AvgIpc) is 1.62. The summed E-state index contributed by atoms with van der Waals surface area (Å²) in [6.45, 7) is 23.3. The summed E-state index contributed by atoms with van der Waals surface area (Å²) < 4.78 is 42.1. The Morgan fingerprint density at radius 2 is 0.815 bits per heavy atom. The van der Waals surface area contributed by atoms with Crippen LogP contribution >= 0.6 is 0 Å². The molecule has 119 heavy (non-hydrogen) atoms. The van der Waals surface area contributed by atoms with Gasteiger partial charge in [0, 0.05) is 155 Å². The van der Waals surface area contributed by atoms with E-state index >= 15 is 0 Å². The minimum absolute atomic E-state index is 0.0258. The number of β-amino-alcohol motifs (C(OH)–C–C–N with tert-alkyl or cyclic N) is 4. The number of carbonyl (C=O) groups is 4. The summed E-state index contributed by atoms with van der Waals surface area (Å²) in [5.74, 6) is 3.17. The van der Waals surface area contributed by atoms with Crippen molar-refractivity contribution in [3.63, 3.8) is 0 Å². The van der Waals surface area contributed by atoms with Crippen LogP contribution in [0.1, 0.15) is 204 Å². The topological polar surface area (TPSA) is 208 Å². The van der Waals surface area contributed by atoms with Gasteiger partial charge in [0.15, 0.2) is 46.1 Å². The summed E-state index contributed by atoms with van der Waals surface area (Å²) in [5.41, 5.74) is 24.5. The number of ether oxygens (including phenoxy) is 5. The molecule has 0 fully saturated rings. The smallest absolute Gasteiger partial charge is 0.231 e. The Morgan fingerprint density at radius 1 is 0.395 bits per heavy atom. The van der Waals surface area contributed by atoms with Crippen LogP contribution in [0.25, 0.3) is 0 Å². The number of hydrogen-bond donors (Lipinski definition) is 4. The molecular weight excluding hydrogens is 1500 g/mol. The molecule has 5 heterocycles. The van der Waals surface area contributed by atoms with Crippen LogP contribution in [-0.2, 0) is 32.0 Å². The Kier molecular flexibility index (Phi) is 23.5. The highest BCUT2D eigenvalue weighted by Crippen LogP contribution is 2.59. The molecular formula is C101H113FN4O13. The number of aliphatic hydroxyl groups is 4. The van der Waals surface area contributed by atoms with Gasteiger partial charge in [-0.1, -0.05) is 164 Å². The molecule has 4 unspecified atom stereocenters. The number of halogens is 1. The summed E-state index contributed by atoms with van der Waals surface area (Å²) in [5, 5.41) is 39.3. The number of nitrogens with zero attached hydrogens (tertiary/aromatic N) is 4. The molecule has 0 aromatic heterocycles. The number of fused-ring (bicyclic) bond motifs is 6. The van der Waals surface area contributed by atoms with Crippen molar-refractivity contribution in [1.82, 2.24) is 0 Å². The molecule has 10 aliphatic rings. The predicted octanol–water partition coefficient (Wildman–Crippen LogP) is 18.1. The maximum Gasteiger partial charge on any atom is 0.231 e. The first-order valence-electron chi connectivity index (χ1n) is 42.1. The van der Waals surface area contributed by atoms with E-state index in [1.807, 2.05) is 84.6 Å². The van der Waals surface area contributed by atoms with Crippen LogP contribution in [0, 0.1) is 41.3 Å². The van der Waals surface area contributed by atoms with E-state index in [0.29, 0.717) is 81.1 Å². The fourth-order valence-corrected chi connectivity index (χ4v) is 20.6. The minimum atomic E-state index is -0.390. The van der Waals surface area contributed by atoms with E-state index in [1.54, 1.807) is 27.4 Å². The number of carbonyl (C=O) groups excluding carboxylic acids is 4. The van der Waals surface area contributed by atoms with Crippen LogP contribution in [0.2, 0.25) is 0 Å². The molecule has 8 aromatic carbocycles. The zero-order valence-corrected chi connectivity index (χ0v) is 71.1. The molecule has 5 aliphatic carbocycles. The van der Waals surface area contributed by atoms with Crippen molar-refractivity contribution in [2.45, 2.75) is 164 Å². The first-order chi connectivity index (χ1) is 57.0. The molecule has 4 N–H and O–H groups in total. The number of allylic oxidation sites excluding steroid dienone is 8. The van der Waals surface area contributed by atoms with Gasteiger partial charge in [0.05, 0.1) is 47.8 Å². The number of benzene rings is 8. The highest BCUT2D eigenvalue weighted by atomic mass is 19.1. The second-order valence-electron chi connectivity index (χ2n) is 36.7. The molecule has 4 atom stereocenters. The second-order valence-corrected chi connectivity index (χ2v) is 36.7. The molecule has 0 saturated heterocycles. The fourth-order valence-electron chi connectivity index (χ4n) is 20.6. The molecule has 18 heteroatoms. The van der Waals surface area contributed by atoms with Gasteiger partial charge < -0.3 is 63.7 Å². The third kappa shape index (κ3) is 16.2. The lowest BCUT2D eigenvalue weighted by Gasteiger charge is -2.45. The molecule has 0 bridgehead atoms. The van der Waals surface area contributed by atoms with Crippen molar-refractivity contribution < 1.29 is 67.7 Å². The average molecular weight is 1610 g/mol. The second kappa shape index (κ2) is 33.5. The van der Waals surface area contributed by atoms with Gasteiger partial charge in [0.25, 0.3) is 0 Å². The van der Waals surface area contributed by atoms with Crippen LogP contribution in [0.5, 0.6) is 28.7 Å². The summed E-state index contributed by atoms with van der Waals surface area (Å²) in [4.78, 5) is 62.4. The van der Waals surface area contributed by atoms with E-state index in [2.05, 4.69) is 144 Å². The van der Waals surface area contributed by atoms with Crippen LogP contribution in [0.3, 0.4) is 0 Å². The summed E-state index contributed by atoms with van der Waals surface area (Å²) in [6, 6.07) is 52.2. The number of anilines is 4. The van der Waals surface area contributed by atoms with Crippen molar-refractivity contribution in [3.05, 3.63) is 275 Å². The summed E-state index contributed by atoms with van der Waals surface area (Å²) in [6.07, 6.45) is 8.60. The standard InChI is InChI=1S/C29H35NO4.C24H24FNO4.C24H27NO3.C24H27NO2/c1-17-11-20(14-25(33-4)28(17)34-5)26-21-12-18-7-6-8-19(18)13-22(21)30(9-10-31)23-15-29(2,3)16-24(32)27(23)26;1-24(2)11-18-23(19(28)12-24)22(14-4-3-5-15(25)8-14)16-9-20-21(30-13-29-20)10-17(16)26(18)6-7-27;1-24(2)14-20-23(21(27)15-24)22(16-7-5-4-6-8-16)18-10-9-17(28-3)13-19(18)25(20)11-12-26;1-16-9-10-19-18(13-16)22(17-7-5-4-6-8-17)23-20(25(19)11-12-26)14-24(2,3)15-21(23)27/h11-14,26,31H,6-10,15-16H2,1-5H3;3-5,8-10,22,27H,6-7,11-13H2,1-2H3;4-10,13,22,26H,11-12,14-15H2,1-3H3;4-10,13,22,26H,11-12,14-15H2,1-3H3. The highest BCUT2D eigenvalue weighted by molar-refractivity contribution is 6.05. The van der Waals surface area contributed by atoms with Crippen molar-refractivity contribution in [1.29, 1.82) is 0 Å². The van der Waals surface area contributed by atoms with E-state index in [1.165, 1.54) is 34.4 Å². The molecule has 622 valence electrons. The van der Waals surface area contributed by atoms with Crippen molar-refractivity contribution >= 4 is 45.9 Å². The number of aryl methyl sites for hydroxylation is 4. The van der Waals surface area contributed by atoms with Gasteiger partial charge in [0.2, 0.25) is 6.79 Å². The lowest BCUT2D eigenvalue weighted by atomic mass is 9.68. The normalized spacial score (nSPS) is 21.0. The maximum absolute atomic E-state index is 14.2. The number of methoxy groups -OCH3 is 3. The fraction of sp³-hybridized carbons (Fsp3) is 0.406. The van der Waals surface area contributed by atoms with Gasteiger partial charge in [-0.25, -0.2) is 4.39 Å². The minimum Gasteiger partial charge on any atom is -0.497 e. The first-order valence-corrected chi connectivity index (χ1v) is 42.1. The van der Waals surface area contributed by atoms with Gasteiger partial charge in [-0.15, -0.1) is 0 Å². The highest BCUT2D eigenvalue weighted by Gasteiger charge is 2.49. The number of rotatable bonds is 15. The summed E-state index contributed by atoms with van der Waals surface area (Å²) >= 11 is 0. The Morgan fingerprint density at radius 3 is 1.29 bits per heavy atom. The van der Waals surface area contributed by atoms with Gasteiger partial charge in [-0.3, -0.25) is 19.2 Å². The number of aliphatic hydroxyl groups excluding tert-OH is 4. The first kappa shape index (κ1) is 83.4. The van der Waals surface area contributed by atoms with Crippen molar-refractivity contribution in [2.24, 2.45) is 21.7 Å². The zero-order valence-electron chi connectivity index (χ0n) is 71.1. The van der Waals surface area contributed by atoms with Crippen molar-refractivity contribution in [3.8, 4) is 28.7 Å². The van der Waals surface area contributed by atoms with E-state index in [9.17, 15) is 44.0 Å². The molecule has 18 rings (SSSR count). The largest absolute Gasteiger partial charge is 0.497 e. The van der Waals surface area contributed by atoms with E-state index in [-0.39, 0.29) is 102 Å². The zero-order chi connectivity index (χ0) is 84.3. The third-order valence-corrected chi connectivity index (χ3v) is 25.4. The predicted molar refractivity (Wildman–Crippen MR) is 464 cm³/mol. The Labute approximate surface area is 699 Å². The molecule has 5 aliphatic heterocycles. The van der Waals surface area contributed by atoms with Gasteiger partial charge in [-0.05, 0) is 184 Å².